The summed E-state index contributed by atoms with van der Waals surface area (Å²) in [7, 11) is 0. The summed E-state index contributed by atoms with van der Waals surface area (Å²) in [5, 5.41) is 30.2. The maximum Gasteiger partial charge on any atom is 0.273 e. The molecule has 2 saturated carbocycles. The summed E-state index contributed by atoms with van der Waals surface area (Å²) in [6.45, 7) is 14.4. The second-order valence-corrected chi connectivity index (χ2v) is 29.3. The van der Waals surface area contributed by atoms with Crippen LogP contribution in [0.25, 0.3) is 31.8 Å². The number of anilines is 2. The van der Waals surface area contributed by atoms with Crippen molar-refractivity contribution in [2.24, 2.45) is 17.3 Å². The first-order valence-corrected chi connectivity index (χ1v) is 34.9. The van der Waals surface area contributed by atoms with Crippen LogP contribution in [0.3, 0.4) is 0 Å². The second-order valence-electron chi connectivity index (χ2n) is 27.4. The molecule has 3 aliphatic heterocycles. The second kappa shape index (κ2) is 27.0. The Morgan fingerprint density at radius 2 is 1.59 bits per heavy atom. The number of pyridine rings is 1. The van der Waals surface area contributed by atoms with Gasteiger partial charge in [-0.05, 0) is 142 Å². The Kier molecular flexibility index (Phi) is 18.5. The summed E-state index contributed by atoms with van der Waals surface area (Å²) < 4.78 is 9.13. The number of amides is 5. The summed E-state index contributed by atoms with van der Waals surface area (Å²) >= 11 is 3.02. The monoisotopic (exact) mass is 1290 g/mol. The molecule has 22 heteroatoms. The Balaban J connectivity index is 0.664. The fourth-order valence-electron chi connectivity index (χ4n) is 14.6. The highest BCUT2D eigenvalue weighted by molar-refractivity contribution is 7.22. The molecule has 8 heterocycles. The van der Waals surface area contributed by atoms with Gasteiger partial charge in [0.1, 0.15) is 23.6 Å². The lowest BCUT2D eigenvalue weighted by atomic mass is 9.80. The van der Waals surface area contributed by atoms with Crippen LogP contribution in [0.5, 0.6) is 0 Å². The van der Waals surface area contributed by atoms with Crippen LogP contribution in [0.15, 0.2) is 95.1 Å². The zero-order chi connectivity index (χ0) is 64.7. The molecule has 0 radical (unpaired) electrons. The number of aliphatic hydroxyl groups excluding tert-OH is 1. The van der Waals surface area contributed by atoms with Gasteiger partial charge in [-0.2, -0.15) is 10.1 Å². The third-order valence-electron chi connectivity index (χ3n) is 20.0. The number of nitrogens with one attached hydrogen (secondary N) is 3. The minimum Gasteiger partial charge on any atom is -0.391 e. The molecule has 0 bridgehead atoms. The molecule has 5 aliphatic rings. The van der Waals surface area contributed by atoms with Gasteiger partial charge < -0.3 is 35.0 Å². The standard InChI is InChI=1S/C71H83N13O7S2/c1-41(45-21-23-47(24-22-45)61-42(2)72-40-92-61)74-66(88)57-34-51(85)38-83(57)69(90)62(71(4,5)6)77-64(86)48-25-27-49(28-26-48)67-78-63(80-91-67)50-17-13-32-82(37-50)68(89)60-52(54-35-73-84(43(54)3)36-44-14-8-7-9-15-44)29-30-59(76-60)81-33-31-46-16-12-18-53(55(46)39-81)65(87)79-70-75-56-19-10-11-20-58(56)93-70/h10-12,16,18-24,29-30,35,40-41,44,48-51,57,62,85H,7-9,13-15,17,25-28,31-34,36-39H2,1-6H3,(H,74,88)(H,77,86)(H,75,79,87)/t41-,48?,49?,50?,51+,57-,62+/m0/s1. The van der Waals surface area contributed by atoms with Crippen LogP contribution in [0.2, 0.25) is 0 Å². The predicted octanol–water partition coefficient (Wildman–Crippen LogP) is 11.7. The number of aliphatic hydroxyl groups is 1. The van der Waals surface area contributed by atoms with E-state index in [1.807, 2.05) is 124 Å². The fraction of sp³-hybridized carbons (Fsp3) is 0.479. The number of aromatic nitrogens is 7. The van der Waals surface area contributed by atoms with Gasteiger partial charge in [0.25, 0.3) is 11.8 Å². The highest BCUT2D eigenvalue weighted by atomic mass is 32.1. The number of β-amino-alcohol motifs (C(OH)–C–C–N with tert-alkyl or cyclic N) is 1. The van der Waals surface area contributed by atoms with Gasteiger partial charge in [0, 0.05) is 85.8 Å². The van der Waals surface area contributed by atoms with E-state index >= 15 is 4.79 Å². The van der Waals surface area contributed by atoms with Crippen molar-refractivity contribution in [2.45, 2.75) is 174 Å². The summed E-state index contributed by atoms with van der Waals surface area (Å²) in [6.07, 6.45) is 11.7. The maximum absolute atomic E-state index is 15.4. The van der Waals surface area contributed by atoms with Crippen molar-refractivity contribution in [3.8, 4) is 21.6 Å². The molecule has 5 amide bonds. The number of carbonyl (C=O) groups excluding carboxylic acids is 5. The third-order valence-corrected chi connectivity index (χ3v) is 21.9. The zero-order valence-electron chi connectivity index (χ0n) is 53.9. The molecule has 486 valence electrons. The molecule has 2 saturated heterocycles. The summed E-state index contributed by atoms with van der Waals surface area (Å²) in [6, 6.07) is 23.5. The topological polar surface area (TPSA) is 247 Å². The van der Waals surface area contributed by atoms with Gasteiger partial charge in [0.05, 0.1) is 44.6 Å². The Morgan fingerprint density at radius 3 is 2.35 bits per heavy atom. The van der Waals surface area contributed by atoms with Gasteiger partial charge in [0.15, 0.2) is 11.0 Å². The molecule has 0 spiro atoms. The minimum atomic E-state index is -0.950. The first-order valence-electron chi connectivity index (χ1n) is 33.2. The molecule has 3 aromatic carbocycles. The van der Waals surface area contributed by atoms with Crippen LogP contribution >= 0.6 is 22.7 Å². The smallest absolute Gasteiger partial charge is 0.273 e. The molecular weight excluding hydrogens is 1210 g/mol. The van der Waals surface area contributed by atoms with E-state index in [1.54, 1.807) is 11.3 Å². The van der Waals surface area contributed by atoms with Crippen LogP contribution in [0.4, 0.5) is 10.9 Å². The van der Waals surface area contributed by atoms with E-state index in [2.05, 4.69) is 53.6 Å². The zero-order valence-corrected chi connectivity index (χ0v) is 55.5. The molecule has 20 nitrogen and oxygen atoms in total. The van der Waals surface area contributed by atoms with Crippen molar-refractivity contribution in [3.63, 3.8) is 0 Å². The first-order chi connectivity index (χ1) is 44.9. The van der Waals surface area contributed by atoms with Gasteiger partial charge in [0.2, 0.25) is 23.6 Å². The number of aryl methyl sites for hydroxylation is 1. The van der Waals surface area contributed by atoms with Gasteiger partial charge in [-0.3, -0.25) is 34.0 Å². The van der Waals surface area contributed by atoms with Crippen LogP contribution in [0, 0.1) is 31.1 Å². The Morgan fingerprint density at radius 1 is 0.796 bits per heavy atom. The molecule has 2 aliphatic carbocycles. The van der Waals surface area contributed by atoms with Gasteiger partial charge >= 0.3 is 0 Å². The summed E-state index contributed by atoms with van der Waals surface area (Å²) in [5.74, 6) is 0.252. The largest absolute Gasteiger partial charge is 0.391 e. The number of rotatable bonds is 16. The predicted molar refractivity (Wildman–Crippen MR) is 359 cm³/mol. The number of hydrogen-bond donors (Lipinski definition) is 4. The number of thiazole rings is 2. The number of fused-ring (bicyclic) bond motifs is 2. The van der Waals surface area contributed by atoms with Crippen molar-refractivity contribution in [3.05, 3.63) is 142 Å². The molecule has 5 aromatic heterocycles. The molecule has 8 aromatic rings. The fourth-order valence-corrected chi connectivity index (χ4v) is 16.2. The van der Waals surface area contributed by atoms with E-state index in [-0.39, 0.29) is 60.4 Å². The number of likely N-dealkylation sites (tertiary alicyclic amines) is 2. The molecule has 1 unspecified atom stereocenters. The van der Waals surface area contributed by atoms with Gasteiger partial charge in [-0.25, -0.2) is 15.0 Å². The molecule has 5 atom stereocenters. The number of piperidine rings is 1. The van der Waals surface area contributed by atoms with Gasteiger partial charge in [-0.15, -0.1) is 11.3 Å². The number of carbonyl (C=O) groups is 5. The number of benzene rings is 3. The van der Waals surface area contributed by atoms with Crippen LogP contribution in [-0.2, 0) is 33.9 Å². The van der Waals surface area contributed by atoms with E-state index < -0.39 is 29.5 Å². The molecular formula is C71H83N13O7S2. The maximum atomic E-state index is 15.4. The normalized spacial score (nSPS) is 21.1. The lowest BCUT2D eigenvalue weighted by Crippen LogP contribution is -2.58. The lowest BCUT2D eigenvalue weighted by molar-refractivity contribution is -0.144. The SMILES string of the molecule is Cc1ncsc1-c1ccc([C@H](C)NC(=O)[C@@H]2C[C@@H](O)CN2C(=O)[C@@H](NC(=O)C2CCC(c3nc(C4CCCN(C(=O)c5nc(N6CCc7cccc(C(=O)Nc8nc9ccccc9s8)c7C6)ccc5-c5cnn(CC6CCCCC6)c5C)C4)no3)CC2)C(C)(C)C)cc1. The van der Waals surface area contributed by atoms with Crippen molar-refractivity contribution in [1.82, 2.24) is 55.3 Å². The number of para-hydroxylation sites is 1. The number of hydrogen-bond acceptors (Lipinski definition) is 16. The van der Waals surface area contributed by atoms with E-state index in [9.17, 15) is 24.3 Å². The molecule has 4 N–H and O–H groups in total. The summed E-state index contributed by atoms with van der Waals surface area (Å²) in [4.78, 5) is 98.1. The van der Waals surface area contributed by atoms with Gasteiger partial charge in [-0.1, -0.05) is 105 Å². The van der Waals surface area contributed by atoms with Crippen molar-refractivity contribution in [2.75, 3.05) is 36.4 Å². The van der Waals surface area contributed by atoms with E-state index in [0.29, 0.717) is 98.1 Å². The summed E-state index contributed by atoms with van der Waals surface area (Å²) in [5.41, 5.74) is 10.4. The lowest BCUT2D eigenvalue weighted by Gasteiger charge is -2.37. The Labute approximate surface area is 550 Å². The van der Waals surface area contributed by atoms with Crippen molar-refractivity contribution >= 4 is 73.4 Å². The van der Waals surface area contributed by atoms with Crippen LogP contribution < -0.4 is 20.9 Å². The van der Waals surface area contributed by atoms with Crippen LogP contribution in [0.1, 0.15) is 183 Å². The quantitative estimate of drug-likeness (QED) is 0.0703. The highest BCUT2D eigenvalue weighted by Gasteiger charge is 2.46. The van der Waals surface area contributed by atoms with E-state index in [1.165, 1.54) is 48.3 Å². The molecule has 4 fully saturated rings. The number of nitrogens with zero attached hydrogens (tertiary/aromatic N) is 10. The molecule has 13 rings (SSSR count). The third kappa shape index (κ3) is 13.6. The average Bonchev–Trinajstić information content (AvgIpc) is 1.80. The van der Waals surface area contributed by atoms with Crippen molar-refractivity contribution in [1.29, 1.82) is 0 Å². The average molecular weight is 1290 g/mol. The minimum absolute atomic E-state index is 0.0171. The Hall–Kier alpha value is -8.21. The van der Waals surface area contributed by atoms with Crippen molar-refractivity contribution < 1.29 is 33.6 Å². The molecule has 93 heavy (non-hydrogen) atoms. The first kappa shape index (κ1) is 63.5. The Bertz CT molecular complexity index is 4030. The van der Waals surface area contributed by atoms with E-state index in [0.717, 1.165) is 79.2 Å². The van der Waals surface area contributed by atoms with E-state index in [4.69, 9.17) is 19.6 Å². The van der Waals surface area contributed by atoms with Crippen LogP contribution in [-0.4, -0.2) is 124 Å². The highest BCUT2D eigenvalue weighted by Crippen LogP contribution is 2.40.